The molecule has 5 fully saturated rings. The number of pyridine rings is 1. The lowest BCUT2D eigenvalue weighted by molar-refractivity contribution is -0.142. The average molecular weight is 836 g/mol. The van der Waals surface area contributed by atoms with E-state index in [0.29, 0.717) is 43.7 Å². The first kappa shape index (κ1) is 41.6. The molecule has 15 heteroatoms. The van der Waals surface area contributed by atoms with E-state index in [9.17, 15) is 22.8 Å². The van der Waals surface area contributed by atoms with Gasteiger partial charge in [0.15, 0.2) is 0 Å². The van der Waals surface area contributed by atoms with Gasteiger partial charge in [0.25, 0.3) is 5.91 Å². The highest BCUT2D eigenvalue weighted by Crippen LogP contribution is 2.53. The molecule has 8 unspecified atom stereocenters. The quantitative estimate of drug-likeness (QED) is 0.284. The maximum absolute atomic E-state index is 15.0. The van der Waals surface area contributed by atoms with Crippen LogP contribution >= 0.6 is 0 Å². The van der Waals surface area contributed by atoms with Crippen molar-refractivity contribution in [2.75, 3.05) is 13.2 Å². The summed E-state index contributed by atoms with van der Waals surface area (Å²) in [5.74, 6) is -1.14. The second kappa shape index (κ2) is 17.1. The molecule has 8 rings (SSSR count). The van der Waals surface area contributed by atoms with Crippen LogP contribution in [0.15, 0.2) is 24.3 Å². The minimum Gasteiger partial charge on any atom is -0.493 e. The van der Waals surface area contributed by atoms with Crippen LogP contribution in [0.5, 0.6) is 11.6 Å². The zero-order valence-corrected chi connectivity index (χ0v) is 35.5. The van der Waals surface area contributed by atoms with Crippen molar-refractivity contribution in [2.45, 2.75) is 159 Å². The number of carbonyl (C=O) groups excluding carboxylic acids is 4. The fourth-order valence-corrected chi connectivity index (χ4v) is 12.2. The summed E-state index contributed by atoms with van der Waals surface area (Å²) in [6, 6.07) is 5.77. The van der Waals surface area contributed by atoms with Crippen LogP contribution < -0.4 is 24.8 Å². The minimum absolute atomic E-state index is 0.0293. The van der Waals surface area contributed by atoms with Gasteiger partial charge in [-0.15, -0.1) is 0 Å². The number of sulfonamides is 1. The first-order valence-electron chi connectivity index (χ1n) is 22.3. The van der Waals surface area contributed by atoms with Gasteiger partial charge in [-0.3, -0.25) is 19.1 Å². The van der Waals surface area contributed by atoms with Gasteiger partial charge in [-0.25, -0.2) is 18.2 Å². The minimum atomic E-state index is -3.89. The predicted octanol–water partition coefficient (Wildman–Crippen LogP) is 5.69. The van der Waals surface area contributed by atoms with Crippen molar-refractivity contribution in [3.05, 3.63) is 29.8 Å². The van der Waals surface area contributed by atoms with E-state index in [1.54, 1.807) is 0 Å². The highest BCUT2D eigenvalue weighted by molar-refractivity contribution is 7.91. The third-order valence-corrected chi connectivity index (χ3v) is 16.0. The molecule has 14 nitrogen and oxygen atoms in total. The van der Waals surface area contributed by atoms with E-state index in [2.05, 4.69) is 15.4 Å². The van der Waals surface area contributed by atoms with Crippen LogP contribution in [0.25, 0.3) is 10.9 Å². The molecule has 2 aliphatic heterocycles. The molecule has 4 aliphatic carbocycles. The van der Waals surface area contributed by atoms with E-state index in [0.717, 1.165) is 87.3 Å². The Morgan fingerprint density at radius 3 is 2.41 bits per heavy atom. The third kappa shape index (κ3) is 8.33. The first-order valence-corrected chi connectivity index (χ1v) is 23.9. The number of rotatable bonds is 9. The Balaban J connectivity index is 1.16. The van der Waals surface area contributed by atoms with Crippen LogP contribution in [-0.2, 0) is 35.6 Å². The molecular weight excluding hydrogens is 775 g/mol. The molecule has 1 aromatic carbocycles. The maximum Gasteiger partial charge on any atom is 0.408 e. The Morgan fingerprint density at radius 2 is 1.68 bits per heavy atom. The molecule has 0 spiro atoms. The molecular formula is C44H61N5O9S. The van der Waals surface area contributed by atoms with Crippen molar-refractivity contribution < 1.29 is 41.8 Å². The summed E-state index contributed by atoms with van der Waals surface area (Å²) < 4.78 is 47.5. The highest BCUT2D eigenvalue weighted by atomic mass is 32.2. The van der Waals surface area contributed by atoms with Gasteiger partial charge in [-0.05, 0) is 107 Å². The standard InChI is InChI=1S/C44H61N5O9S/c1-4-33-26(3)44(33,42(52)48-59(54,55)30-22-23-30)47-39(50)35-24-29-25-49(35)41(51)37(28-15-9-10-16-28)46-43(53)58-36-21-13-17-27(36)14-7-6-8-19-32-38(56-5-2)31-18-11-12-20-34(31)45-40(32)57-29/h11-12,18,20,26-30,33,35-37H,4-10,13-17,19,21-25H2,1-3H3,(H,46,53)(H,47,50)(H,48,52). The number of aromatic nitrogens is 1. The van der Waals surface area contributed by atoms with Gasteiger partial charge in [0.05, 0.1) is 29.5 Å². The lowest BCUT2D eigenvalue weighted by Crippen LogP contribution is -2.59. The Kier molecular flexibility index (Phi) is 12.0. The van der Waals surface area contributed by atoms with E-state index in [1.165, 1.54) is 4.90 Å². The molecule has 3 heterocycles. The maximum atomic E-state index is 15.0. The van der Waals surface area contributed by atoms with Crippen LogP contribution in [0.4, 0.5) is 4.79 Å². The van der Waals surface area contributed by atoms with Crippen molar-refractivity contribution in [3.63, 3.8) is 0 Å². The van der Waals surface area contributed by atoms with Gasteiger partial charge in [0.1, 0.15) is 35.6 Å². The summed E-state index contributed by atoms with van der Waals surface area (Å²) in [5, 5.41) is 6.25. The van der Waals surface area contributed by atoms with E-state index in [1.807, 2.05) is 45.0 Å². The number of carbonyl (C=O) groups is 4. The van der Waals surface area contributed by atoms with Gasteiger partial charge in [0.2, 0.25) is 27.7 Å². The van der Waals surface area contributed by atoms with E-state index < -0.39 is 62.8 Å². The molecule has 4 amide bonds. The Morgan fingerprint density at radius 1 is 0.949 bits per heavy atom. The van der Waals surface area contributed by atoms with Gasteiger partial charge < -0.3 is 29.7 Å². The van der Waals surface area contributed by atoms with E-state index >= 15 is 4.79 Å². The van der Waals surface area contributed by atoms with Gasteiger partial charge in [-0.1, -0.05) is 58.1 Å². The molecule has 2 aromatic rings. The fraction of sp³-hybridized carbons (Fsp3) is 0.705. The van der Waals surface area contributed by atoms with Crippen LogP contribution in [-0.4, -0.2) is 90.3 Å². The summed E-state index contributed by atoms with van der Waals surface area (Å²) in [7, 11) is -3.89. The lowest BCUT2D eigenvalue weighted by Gasteiger charge is -2.32. The normalized spacial score (nSPS) is 31.8. The number of para-hydroxylation sites is 1. The van der Waals surface area contributed by atoms with Crippen molar-refractivity contribution in [2.24, 2.45) is 23.7 Å². The largest absolute Gasteiger partial charge is 0.493 e. The SMILES string of the molecule is CCOc1c2c(nc3ccccc13)OC1CC(C(=O)NC3(C(=O)NS(=O)(=O)C4CC4)C(C)C3CC)N(C1)C(=O)C(C1CCCC1)NC(=O)OC1CCCC1CCCCC2. The molecule has 4 saturated carbocycles. The van der Waals surface area contributed by atoms with Crippen LogP contribution in [0.1, 0.15) is 123 Å². The molecule has 1 saturated heterocycles. The second-order valence-electron chi connectivity index (χ2n) is 17.9. The number of hydrogen-bond acceptors (Lipinski definition) is 10. The Bertz CT molecular complexity index is 2040. The predicted molar refractivity (Wildman–Crippen MR) is 220 cm³/mol. The van der Waals surface area contributed by atoms with E-state index in [-0.39, 0.29) is 42.7 Å². The van der Waals surface area contributed by atoms with Gasteiger partial charge >= 0.3 is 6.09 Å². The number of nitrogens with zero attached hydrogens (tertiary/aromatic N) is 2. The molecule has 322 valence electrons. The topological polar surface area (TPSA) is 182 Å². The molecule has 3 N–H and O–H groups in total. The van der Waals surface area contributed by atoms with Crippen LogP contribution in [0.3, 0.4) is 0 Å². The van der Waals surface area contributed by atoms with Crippen molar-refractivity contribution in [1.82, 2.24) is 25.2 Å². The molecule has 6 aliphatic rings. The number of alkyl carbamates (subject to hydrolysis) is 1. The number of ether oxygens (including phenoxy) is 3. The summed E-state index contributed by atoms with van der Waals surface area (Å²) >= 11 is 0. The zero-order chi connectivity index (χ0) is 41.5. The molecule has 0 radical (unpaired) electrons. The fourth-order valence-electron chi connectivity index (χ4n) is 10.8. The second-order valence-corrected chi connectivity index (χ2v) is 19.9. The molecule has 1 aromatic heterocycles. The van der Waals surface area contributed by atoms with Crippen molar-refractivity contribution in [3.8, 4) is 11.6 Å². The highest BCUT2D eigenvalue weighted by Gasteiger charge is 2.68. The summed E-state index contributed by atoms with van der Waals surface area (Å²) in [6.07, 6.45) is 10.5. The Hall–Kier alpha value is -4.14. The van der Waals surface area contributed by atoms with Crippen molar-refractivity contribution in [1.29, 1.82) is 0 Å². The van der Waals surface area contributed by atoms with Gasteiger partial charge in [-0.2, -0.15) is 0 Å². The average Bonchev–Trinajstić information content (AvgIpc) is 3.89. The molecule has 8 atom stereocenters. The monoisotopic (exact) mass is 835 g/mol. The number of benzene rings is 1. The molecule has 2 bridgehead atoms. The smallest absolute Gasteiger partial charge is 0.408 e. The molecule has 59 heavy (non-hydrogen) atoms. The van der Waals surface area contributed by atoms with Crippen LogP contribution in [0, 0.1) is 23.7 Å². The van der Waals surface area contributed by atoms with Crippen LogP contribution in [0.2, 0.25) is 0 Å². The van der Waals surface area contributed by atoms with Crippen molar-refractivity contribution >= 4 is 44.7 Å². The number of nitrogens with one attached hydrogen (secondary N) is 3. The zero-order valence-electron chi connectivity index (χ0n) is 34.7. The Labute approximate surface area is 347 Å². The first-order chi connectivity index (χ1) is 28.4. The van der Waals surface area contributed by atoms with E-state index in [4.69, 9.17) is 19.2 Å². The number of hydrogen-bond donors (Lipinski definition) is 3. The summed E-state index contributed by atoms with van der Waals surface area (Å²) in [5.41, 5.74) is 0.0919. The lowest BCUT2D eigenvalue weighted by atomic mass is 9.96. The summed E-state index contributed by atoms with van der Waals surface area (Å²) in [6.45, 7) is 6.16. The number of amides is 4. The third-order valence-electron chi connectivity index (χ3n) is 14.2. The number of fused-ring (bicyclic) bond motifs is 5. The summed E-state index contributed by atoms with van der Waals surface area (Å²) in [4.78, 5) is 63.9. The van der Waals surface area contributed by atoms with Gasteiger partial charge in [0, 0.05) is 11.8 Å².